The lowest BCUT2D eigenvalue weighted by atomic mass is 10.2. The van der Waals surface area contributed by atoms with Gasteiger partial charge in [-0.05, 0) is 50.2 Å². The van der Waals surface area contributed by atoms with E-state index in [1.807, 2.05) is 0 Å². The van der Waals surface area contributed by atoms with E-state index in [0.29, 0.717) is 5.02 Å². The van der Waals surface area contributed by atoms with Crippen LogP contribution in [0.1, 0.15) is 24.8 Å². The number of benzene rings is 1. The zero-order valence-electron chi connectivity index (χ0n) is 9.36. The summed E-state index contributed by atoms with van der Waals surface area (Å²) in [6, 6.07) is 4.32. The first-order valence-electron chi connectivity index (χ1n) is 5.53. The van der Waals surface area contributed by atoms with Crippen LogP contribution in [-0.4, -0.2) is 13.1 Å². The summed E-state index contributed by atoms with van der Waals surface area (Å²) in [5.74, 6) is 0. The van der Waals surface area contributed by atoms with Crippen LogP contribution in [0.5, 0.6) is 0 Å². The number of nitrogens with one attached hydrogen (secondary N) is 1. The van der Waals surface area contributed by atoms with Gasteiger partial charge >= 0.3 is 6.18 Å². The van der Waals surface area contributed by atoms with E-state index in [4.69, 9.17) is 11.6 Å². The van der Waals surface area contributed by atoms with Crippen molar-refractivity contribution in [3.05, 3.63) is 34.9 Å². The zero-order chi connectivity index (χ0) is 12.7. The van der Waals surface area contributed by atoms with Crippen LogP contribution in [0.15, 0.2) is 24.3 Å². The van der Waals surface area contributed by atoms with Gasteiger partial charge in [-0.3, -0.25) is 0 Å². The van der Waals surface area contributed by atoms with E-state index in [1.54, 1.807) is 0 Å². The van der Waals surface area contributed by atoms with E-state index in [9.17, 15) is 13.2 Å². The van der Waals surface area contributed by atoms with Crippen LogP contribution in [0, 0.1) is 0 Å². The molecule has 0 aliphatic carbocycles. The quantitative estimate of drug-likeness (QED) is 0.744. The molecule has 1 heterocycles. The van der Waals surface area contributed by atoms with Gasteiger partial charge in [-0.1, -0.05) is 18.0 Å². The molecule has 1 fully saturated rings. The molecule has 1 aromatic rings. The van der Waals surface area contributed by atoms with Crippen molar-refractivity contribution in [1.29, 1.82) is 0 Å². The summed E-state index contributed by atoms with van der Waals surface area (Å²) in [6.45, 7) is 2.50. The van der Waals surface area contributed by atoms with E-state index >= 15 is 0 Å². The molecule has 2 rings (SSSR count). The van der Waals surface area contributed by atoms with Crippen LogP contribution in [0.3, 0.4) is 0 Å². The number of piperidine rings is 1. The number of alkyl halides is 3. The Balaban J connectivity index is 0.000000202. The molecule has 1 aliphatic rings. The molecular formula is C12H15ClF3N. The maximum absolute atomic E-state index is 11.9. The molecule has 1 aromatic carbocycles. The maximum atomic E-state index is 11.9. The van der Waals surface area contributed by atoms with Crippen molar-refractivity contribution in [2.24, 2.45) is 0 Å². The SMILES string of the molecule is C1CCNCC1.FC(F)(F)c1ccc(Cl)cc1. The topological polar surface area (TPSA) is 12.0 Å². The lowest BCUT2D eigenvalue weighted by molar-refractivity contribution is -0.137. The third-order valence-corrected chi connectivity index (χ3v) is 2.63. The van der Waals surface area contributed by atoms with Gasteiger partial charge in [0.05, 0.1) is 5.56 Å². The van der Waals surface area contributed by atoms with Gasteiger partial charge in [0.25, 0.3) is 0 Å². The number of hydrogen-bond acceptors (Lipinski definition) is 1. The highest BCUT2D eigenvalue weighted by atomic mass is 35.5. The van der Waals surface area contributed by atoms with E-state index in [0.717, 1.165) is 12.1 Å². The molecule has 5 heteroatoms. The van der Waals surface area contributed by atoms with Gasteiger partial charge in [0.1, 0.15) is 0 Å². The third kappa shape index (κ3) is 5.94. The van der Waals surface area contributed by atoms with Gasteiger partial charge in [-0.25, -0.2) is 0 Å². The van der Waals surface area contributed by atoms with Crippen molar-refractivity contribution in [3.63, 3.8) is 0 Å². The fourth-order valence-corrected chi connectivity index (χ4v) is 1.57. The summed E-state index contributed by atoms with van der Waals surface area (Å²) in [4.78, 5) is 0. The van der Waals surface area contributed by atoms with Crippen molar-refractivity contribution in [1.82, 2.24) is 5.32 Å². The van der Waals surface area contributed by atoms with Gasteiger partial charge < -0.3 is 5.32 Å². The second-order valence-corrected chi connectivity index (χ2v) is 4.25. The Bertz CT molecular complexity index is 306. The normalized spacial score (nSPS) is 16.0. The molecule has 1 nitrogen and oxygen atoms in total. The summed E-state index contributed by atoms with van der Waals surface area (Å²) in [6.07, 6.45) is -0.0579. The van der Waals surface area contributed by atoms with E-state index < -0.39 is 11.7 Å². The van der Waals surface area contributed by atoms with Gasteiger partial charge in [0, 0.05) is 5.02 Å². The molecule has 1 saturated heterocycles. The zero-order valence-corrected chi connectivity index (χ0v) is 10.1. The second-order valence-electron chi connectivity index (χ2n) is 3.82. The highest BCUT2D eigenvalue weighted by Gasteiger charge is 2.29. The van der Waals surface area contributed by atoms with E-state index in [1.165, 1.54) is 44.5 Å². The molecule has 0 atom stereocenters. The molecule has 0 unspecified atom stereocenters. The fraction of sp³-hybridized carbons (Fsp3) is 0.500. The van der Waals surface area contributed by atoms with Crippen molar-refractivity contribution in [3.8, 4) is 0 Å². The molecule has 1 N–H and O–H groups in total. The standard InChI is InChI=1S/C7H4ClF3.C5H11N/c8-6-3-1-5(2-4-6)7(9,10)11;1-2-4-6-5-3-1/h1-4H;6H,1-5H2. The van der Waals surface area contributed by atoms with Gasteiger partial charge in [-0.2, -0.15) is 13.2 Å². The van der Waals surface area contributed by atoms with Gasteiger partial charge in [0.15, 0.2) is 0 Å². The van der Waals surface area contributed by atoms with Gasteiger partial charge in [-0.15, -0.1) is 0 Å². The highest BCUT2D eigenvalue weighted by molar-refractivity contribution is 6.30. The first-order valence-corrected chi connectivity index (χ1v) is 5.91. The van der Waals surface area contributed by atoms with Crippen molar-refractivity contribution < 1.29 is 13.2 Å². The Kier molecular flexibility index (Phi) is 5.78. The Morgan fingerprint density at radius 1 is 0.941 bits per heavy atom. The van der Waals surface area contributed by atoms with E-state index in [-0.39, 0.29) is 0 Å². The molecule has 0 aromatic heterocycles. The average Bonchev–Trinajstić information content (AvgIpc) is 2.31. The van der Waals surface area contributed by atoms with Crippen LogP contribution >= 0.6 is 11.6 Å². The molecule has 0 spiro atoms. The average molecular weight is 266 g/mol. The Labute approximate surface area is 104 Å². The molecule has 0 saturated carbocycles. The molecule has 17 heavy (non-hydrogen) atoms. The Hall–Kier alpha value is -0.740. The molecule has 0 radical (unpaired) electrons. The van der Waals surface area contributed by atoms with Crippen molar-refractivity contribution in [2.45, 2.75) is 25.4 Å². The smallest absolute Gasteiger partial charge is 0.317 e. The lowest BCUT2D eigenvalue weighted by Gasteiger charge is -2.08. The second kappa shape index (κ2) is 6.87. The monoisotopic (exact) mass is 265 g/mol. The third-order valence-electron chi connectivity index (χ3n) is 2.38. The summed E-state index contributed by atoms with van der Waals surface area (Å²) in [5, 5.41) is 3.59. The van der Waals surface area contributed by atoms with Crippen LogP contribution < -0.4 is 5.32 Å². The van der Waals surface area contributed by atoms with Crippen LogP contribution in [0.25, 0.3) is 0 Å². The molecule has 0 bridgehead atoms. The van der Waals surface area contributed by atoms with Crippen molar-refractivity contribution >= 4 is 11.6 Å². The minimum atomic E-state index is -4.27. The number of halogens is 4. The largest absolute Gasteiger partial charge is 0.416 e. The minimum absolute atomic E-state index is 0.304. The molecule has 0 amide bonds. The number of rotatable bonds is 0. The van der Waals surface area contributed by atoms with E-state index in [2.05, 4.69) is 5.32 Å². The highest BCUT2D eigenvalue weighted by Crippen LogP contribution is 2.29. The number of hydrogen-bond donors (Lipinski definition) is 1. The summed E-state index contributed by atoms with van der Waals surface area (Å²) < 4.78 is 35.6. The first kappa shape index (κ1) is 14.3. The van der Waals surface area contributed by atoms with Gasteiger partial charge in [0.2, 0.25) is 0 Å². The molecule has 96 valence electrons. The predicted molar refractivity (Wildman–Crippen MR) is 63.2 cm³/mol. The molecule has 1 aliphatic heterocycles. The van der Waals surface area contributed by atoms with Crippen LogP contribution in [0.4, 0.5) is 13.2 Å². The molecular weight excluding hydrogens is 251 g/mol. The first-order chi connectivity index (χ1) is 8.00. The van der Waals surface area contributed by atoms with Crippen LogP contribution in [-0.2, 0) is 6.18 Å². The fourth-order valence-electron chi connectivity index (χ4n) is 1.44. The summed E-state index contributed by atoms with van der Waals surface area (Å²) in [7, 11) is 0. The Morgan fingerprint density at radius 2 is 1.47 bits per heavy atom. The summed E-state index contributed by atoms with van der Waals surface area (Å²) >= 11 is 5.39. The Morgan fingerprint density at radius 3 is 1.76 bits per heavy atom. The minimum Gasteiger partial charge on any atom is -0.317 e. The predicted octanol–water partition coefficient (Wildman–Crippen LogP) is 4.12. The van der Waals surface area contributed by atoms with Crippen molar-refractivity contribution in [2.75, 3.05) is 13.1 Å². The maximum Gasteiger partial charge on any atom is 0.416 e. The lowest BCUT2D eigenvalue weighted by Crippen LogP contribution is -2.21. The summed E-state index contributed by atoms with van der Waals surface area (Å²) in [5.41, 5.74) is -0.679. The van der Waals surface area contributed by atoms with Crippen LogP contribution in [0.2, 0.25) is 5.02 Å².